The first-order valence-electron chi connectivity index (χ1n) is 16.6. The Hall–Kier alpha value is -3.38. The molecule has 0 aliphatic carbocycles. The van der Waals surface area contributed by atoms with Gasteiger partial charge in [-0.1, -0.05) is 136 Å². The lowest BCUT2D eigenvalue weighted by Gasteiger charge is -2.20. The average Bonchev–Trinajstić information content (AvgIpc) is 3.04. The van der Waals surface area contributed by atoms with Crippen molar-refractivity contribution in [2.45, 2.75) is 132 Å². The zero-order valence-electron chi connectivity index (χ0n) is 29.9. The van der Waals surface area contributed by atoms with E-state index in [2.05, 4.69) is 123 Å². The van der Waals surface area contributed by atoms with Crippen LogP contribution in [-0.2, 0) is 10.2 Å². The van der Waals surface area contributed by atoms with Crippen LogP contribution >= 0.6 is 0 Å². The highest BCUT2D eigenvalue weighted by Gasteiger charge is 2.13. The van der Waals surface area contributed by atoms with Gasteiger partial charge in [-0.15, -0.1) is 0 Å². The van der Waals surface area contributed by atoms with Crippen LogP contribution in [0, 0.1) is 17.2 Å². The van der Waals surface area contributed by atoms with Crippen molar-refractivity contribution in [2.75, 3.05) is 0 Å². The SMILES string of the molecule is CCC(C)C#N.CCC(C)c1ccc(C(C)(C)C)cc1.CCC(C)c1ccc(OC(C)=O)cc1.CCC(C)c1ccccc1. The highest BCUT2D eigenvalue weighted by Crippen LogP contribution is 2.25. The van der Waals surface area contributed by atoms with E-state index in [1.807, 2.05) is 38.1 Å². The van der Waals surface area contributed by atoms with Crippen molar-refractivity contribution in [3.05, 3.63) is 101 Å². The minimum atomic E-state index is -0.277. The summed E-state index contributed by atoms with van der Waals surface area (Å²) < 4.78 is 4.94. The monoisotopic (exact) mass is 599 g/mol. The van der Waals surface area contributed by atoms with Gasteiger partial charge in [-0.25, -0.2) is 0 Å². The van der Waals surface area contributed by atoms with E-state index in [1.165, 1.54) is 42.0 Å². The molecule has 0 saturated heterocycles. The summed E-state index contributed by atoms with van der Waals surface area (Å²) in [7, 11) is 0. The number of hydrogen-bond acceptors (Lipinski definition) is 3. The number of ether oxygens (including phenoxy) is 1. The highest BCUT2D eigenvalue weighted by molar-refractivity contribution is 5.69. The van der Waals surface area contributed by atoms with Gasteiger partial charge in [-0.2, -0.15) is 5.26 Å². The number of nitriles is 1. The quantitative estimate of drug-likeness (QED) is 0.191. The summed E-state index contributed by atoms with van der Waals surface area (Å²) >= 11 is 0. The summed E-state index contributed by atoms with van der Waals surface area (Å²) in [6.07, 6.45) is 4.53. The van der Waals surface area contributed by atoms with Crippen LogP contribution in [0.25, 0.3) is 0 Å². The van der Waals surface area contributed by atoms with Gasteiger partial charge in [-0.3, -0.25) is 4.79 Å². The molecule has 0 amide bonds. The molecule has 0 heterocycles. The molecule has 3 aromatic carbocycles. The molecule has 0 aliphatic heterocycles. The first-order valence-corrected chi connectivity index (χ1v) is 16.6. The lowest BCUT2D eigenvalue weighted by molar-refractivity contribution is -0.131. The van der Waals surface area contributed by atoms with Crippen molar-refractivity contribution in [2.24, 2.45) is 5.92 Å². The smallest absolute Gasteiger partial charge is 0.308 e. The number of carbonyl (C=O) groups excluding carboxylic acids is 1. The Balaban J connectivity index is 0.000000584. The third kappa shape index (κ3) is 17.0. The van der Waals surface area contributed by atoms with Gasteiger partial charge < -0.3 is 4.74 Å². The molecule has 0 aromatic heterocycles. The van der Waals surface area contributed by atoms with Gasteiger partial charge in [0.2, 0.25) is 0 Å². The summed E-state index contributed by atoms with van der Waals surface area (Å²) in [5, 5.41) is 8.08. The van der Waals surface area contributed by atoms with E-state index in [1.54, 1.807) is 0 Å². The molecule has 3 aromatic rings. The van der Waals surface area contributed by atoms with Crippen LogP contribution in [0.5, 0.6) is 5.75 Å². The second-order valence-electron chi connectivity index (χ2n) is 12.8. The van der Waals surface area contributed by atoms with Crippen LogP contribution < -0.4 is 4.74 Å². The Bertz CT molecular complexity index is 1180. The molecular weight excluding hydrogens is 538 g/mol. The number of rotatable bonds is 8. The number of nitrogens with zero attached hydrogens (tertiary/aromatic N) is 1. The van der Waals surface area contributed by atoms with E-state index in [0.717, 1.165) is 12.8 Å². The fourth-order valence-corrected chi connectivity index (χ4v) is 3.92. The predicted molar refractivity (Wildman–Crippen MR) is 191 cm³/mol. The van der Waals surface area contributed by atoms with Gasteiger partial charge in [0, 0.05) is 12.8 Å². The van der Waals surface area contributed by atoms with E-state index in [4.69, 9.17) is 10.00 Å². The van der Waals surface area contributed by atoms with Gasteiger partial charge >= 0.3 is 5.97 Å². The molecule has 44 heavy (non-hydrogen) atoms. The molecule has 0 radical (unpaired) electrons. The number of benzene rings is 3. The third-order valence-corrected chi connectivity index (χ3v) is 8.09. The molecule has 4 unspecified atom stereocenters. The van der Waals surface area contributed by atoms with Crippen LogP contribution in [0.2, 0.25) is 0 Å². The molecule has 3 rings (SSSR count). The normalized spacial score (nSPS) is 13.1. The molecule has 3 nitrogen and oxygen atoms in total. The van der Waals surface area contributed by atoms with Crippen molar-refractivity contribution < 1.29 is 9.53 Å². The fourth-order valence-electron chi connectivity index (χ4n) is 3.92. The standard InChI is InChI=1S/C14H22.C12H16O2.C10H14.C5H9N/c1-6-11(2)12-7-9-13(10-8-12)14(3,4)5;1-4-9(2)11-5-7-12(8-6-11)14-10(3)13;1-3-9(2)10-7-5-4-6-8-10;1-3-5(2)4-6/h7-11H,6H2,1-5H3;5-9H,4H2,1-3H3;4-9H,3H2,1-2H3;5H,3H2,1-2H3. The second-order valence-corrected chi connectivity index (χ2v) is 12.8. The zero-order chi connectivity index (χ0) is 33.7. The molecule has 0 saturated carbocycles. The van der Waals surface area contributed by atoms with Crippen molar-refractivity contribution >= 4 is 5.97 Å². The molecule has 0 aliphatic rings. The fraction of sp³-hybridized carbons (Fsp3) is 0.512. The minimum Gasteiger partial charge on any atom is -0.427 e. The first kappa shape index (κ1) is 40.6. The number of hydrogen-bond donors (Lipinski definition) is 0. The van der Waals surface area contributed by atoms with Crippen LogP contribution in [-0.4, -0.2) is 5.97 Å². The van der Waals surface area contributed by atoms with Crippen molar-refractivity contribution in [3.63, 3.8) is 0 Å². The van der Waals surface area contributed by atoms with Crippen molar-refractivity contribution in [3.8, 4) is 11.8 Å². The van der Waals surface area contributed by atoms with Crippen LogP contribution in [0.1, 0.15) is 149 Å². The Morgan fingerprint density at radius 2 is 1.05 bits per heavy atom. The van der Waals surface area contributed by atoms with Crippen LogP contribution in [0.3, 0.4) is 0 Å². The summed E-state index contributed by atoms with van der Waals surface area (Å²) in [6, 6.07) is 29.5. The molecule has 242 valence electrons. The molecule has 0 spiro atoms. The lowest BCUT2D eigenvalue weighted by atomic mass is 9.85. The minimum absolute atomic E-state index is 0.241. The second kappa shape index (κ2) is 22.2. The Morgan fingerprint density at radius 3 is 1.34 bits per heavy atom. The highest BCUT2D eigenvalue weighted by atomic mass is 16.5. The van der Waals surface area contributed by atoms with Crippen LogP contribution in [0.4, 0.5) is 0 Å². The van der Waals surface area contributed by atoms with E-state index < -0.39 is 0 Å². The average molecular weight is 600 g/mol. The van der Waals surface area contributed by atoms with Gasteiger partial charge in [-0.05, 0) is 90.2 Å². The van der Waals surface area contributed by atoms with Crippen molar-refractivity contribution in [1.82, 2.24) is 0 Å². The molecular formula is C41H61NO2. The third-order valence-electron chi connectivity index (χ3n) is 8.09. The molecule has 0 bridgehead atoms. The summed E-state index contributed by atoms with van der Waals surface area (Å²) in [6.45, 7) is 25.4. The van der Waals surface area contributed by atoms with Gasteiger partial charge in [0.25, 0.3) is 0 Å². The zero-order valence-corrected chi connectivity index (χ0v) is 29.9. The van der Waals surface area contributed by atoms with Crippen molar-refractivity contribution in [1.29, 1.82) is 5.26 Å². The Kier molecular flexibility index (Phi) is 20.5. The predicted octanol–water partition coefficient (Wildman–Crippen LogP) is 12.4. The summed E-state index contributed by atoms with van der Waals surface area (Å²) in [4.78, 5) is 10.7. The molecule has 4 atom stereocenters. The maximum absolute atomic E-state index is 10.7. The maximum Gasteiger partial charge on any atom is 0.308 e. The molecule has 0 fully saturated rings. The van der Waals surface area contributed by atoms with Gasteiger partial charge in [0.05, 0.1) is 6.07 Å². The van der Waals surface area contributed by atoms with Gasteiger partial charge in [0.15, 0.2) is 0 Å². The first-order chi connectivity index (χ1) is 20.7. The maximum atomic E-state index is 10.7. The van der Waals surface area contributed by atoms with E-state index in [-0.39, 0.29) is 17.3 Å². The van der Waals surface area contributed by atoms with E-state index in [0.29, 0.717) is 23.5 Å². The van der Waals surface area contributed by atoms with Crippen LogP contribution in [0.15, 0.2) is 78.9 Å². The largest absolute Gasteiger partial charge is 0.427 e. The molecule has 3 heteroatoms. The number of carbonyl (C=O) groups is 1. The summed E-state index contributed by atoms with van der Waals surface area (Å²) in [5.41, 5.74) is 5.88. The Labute approximate surface area is 271 Å². The Morgan fingerprint density at radius 1 is 0.659 bits per heavy atom. The van der Waals surface area contributed by atoms with Gasteiger partial charge in [0.1, 0.15) is 5.75 Å². The molecule has 0 N–H and O–H groups in total. The van der Waals surface area contributed by atoms with E-state index >= 15 is 0 Å². The number of esters is 1. The lowest BCUT2D eigenvalue weighted by Crippen LogP contribution is -2.10. The topological polar surface area (TPSA) is 50.1 Å². The summed E-state index contributed by atoms with van der Waals surface area (Å²) in [5.74, 6) is 2.53. The van der Waals surface area contributed by atoms with E-state index in [9.17, 15) is 4.79 Å².